The van der Waals surface area contributed by atoms with Crippen LogP contribution in [0.5, 0.6) is 5.75 Å². The van der Waals surface area contributed by atoms with Crippen molar-refractivity contribution in [2.45, 2.75) is 24.2 Å². The van der Waals surface area contributed by atoms with Gasteiger partial charge in [-0.05, 0) is 30.3 Å². The quantitative estimate of drug-likeness (QED) is 0.703. The molecule has 0 saturated heterocycles. The minimum Gasteiger partial charge on any atom is -0.496 e. The molecule has 0 aliphatic carbocycles. The molecular weight excluding hydrogens is 416 g/mol. The Kier molecular flexibility index (Phi) is 6.39. The minimum absolute atomic E-state index is 0.115. The van der Waals surface area contributed by atoms with Gasteiger partial charge in [-0.2, -0.15) is 0 Å². The van der Waals surface area contributed by atoms with E-state index in [1.165, 1.54) is 20.1 Å². The minimum atomic E-state index is -3.63. The summed E-state index contributed by atoms with van der Waals surface area (Å²) < 4.78 is 33.6. The van der Waals surface area contributed by atoms with Crippen LogP contribution in [0.15, 0.2) is 39.0 Å². The molecule has 24 heavy (non-hydrogen) atoms. The van der Waals surface area contributed by atoms with Crippen LogP contribution in [0, 0.1) is 0 Å². The van der Waals surface area contributed by atoms with Crippen LogP contribution >= 0.6 is 27.3 Å². The molecule has 130 valence electrons. The Morgan fingerprint density at radius 1 is 1.25 bits per heavy atom. The van der Waals surface area contributed by atoms with E-state index >= 15 is 0 Å². The van der Waals surface area contributed by atoms with Crippen molar-refractivity contribution in [3.63, 3.8) is 0 Å². The summed E-state index contributed by atoms with van der Waals surface area (Å²) in [5.41, 5.74) is 0.727. The van der Waals surface area contributed by atoms with Gasteiger partial charge in [0.2, 0.25) is 15.9 Å². The van der Waals surface area contributed by atoms with Crippen LogP contribution in [-0.4, -0.2) is 21.4 Å². The summed E-state index contributed by atoms with van der Waals surface area (Å²) >= 11 is 4.48. The molecule has 1 aromatic heterocycles. The van der Waals surface area contributed by atoms with Crippen LogP contribution < -0.4 is 14.8 Å². The van der Waals surface area contributed by atoms with Gasteiger partial charge in [-0.3, -0.25) is 4.79 Å². The molecule has 6 nitrogen and oxygen atoms in total. The molecule has 0 radical (unpaired) electrons. The van der Waals surface area contributed by atoms with E-state index in [1.54, 1.807) is 18.2 Å². The van der Waals surface area contributed by atoms with Crippen molar-refractivity contribution in [1.82, 2.24) is 10.0 Å². The number of halogens is 1. The average molecular weight is 433 g/mol. The van der Waals surface area contributed by atoms with Crippen molar-refractivity contribution in [3.05, 3.63) is 45.2 Å². The fraction of sp³-hybridized carbons (Fsp3) is 0.267. The second-order valence-corrected chi connectivity index (χ2v) is 8.99. The summed E-state index contributed by atoms with van der Waals surface area (Å²) in [5.74, 6) is 0.450. The molecule has 0 fully saturated rings. The SMILES string of the molecule is COc1ccc(Br)cc1CNS(=O)(=O)c1ccc(CNC(C)=O)s1. The molecule has 2 rings (SSSR count). The first-order valence-electron chi connectivity index (χ1n) is 6.97. The Hall–Kier alpha value is -1.42. The Bertz CT molecular complexity index is 834. The predicted molar refractivity (Wildman–Crippen MR) is 96.6 cm³/mol. The van der Waals surface area contributed by atoms with Crippen LogP contribution in [-0.2, 0) is 27.9 Å². The van der Waals surface area contributed by atoms with E-state index in [1.807, 2.05) is 6.07 Å². The van der Waals surface area contributed by atoms with E-state index in [0.717, 1.165) is 26.3 Å². The van der Waals surface area contributed by atoms with Crippen molar-refractivity contribution in [3.8, 4) is 5.75 Å². The third-order valence-corrected chi connectivity index (χ3v) is 6.58. The molecule has 0 saturated carbocycles. The summed E-state index contributed by atoms with van der Waals surface area (Å²) in [5, 5.41) is 2.64. The fourth-order valence-electron chi connectivity index (χ4n) is 1.94. The van der Waals surface area contributed by atoms with Gasteiger partial charge >= 0.3 is 0 Å². The number of benzene rings is 1. The molecule has 0 unspecified atom stereocenters. The van der Waals surface area contributed by atoms with E-state index < -0.39 is 10.0 Å². The van der Waals surface area contributed by atoms with Crippen molar-refractivity contribution < 1.29 is 17.9 Å². The van der Waals surface area contributed by atoms with Gasteiger partial charge in [0.25, 0.3) is 0 Å². The Morgan fingerprint density at radius 2 is 2.00 bits per heavy atom. The monoisotopic (exact) mass is 432 g/mol. The van der Waals surface area contributed by atoms with Crippen molar-refractivity contribution >= 4 is 43.2 Å². The number of carbonyl (C=O) groups excluding carboxylic acids is 1. The predicted octanol–water partition coefficient (Wildman–Crippen LogP) is 2.63. The van der Waals surface area contributed by atoms with Gasteiger partial charge < -0.3 is 10.1 Å². The van der Waals surface area contributed by atoms with Crippen LogP contribution in [0.4, 0.5) is 0 Å². The van der Waals surface area contributed by atoms with Gasteiger partial charge in [-0.25, -0.2) is 13.1 Å². The Morgan fingerprint density at radius 3 is 2.67 bits per heavy atom. The highest BCUT2D eigenvalue weighted by Gasteiger charge is 2.17. The van der Waals surface area contributed by atoms with Gasteiger partial charge in [0.05, 0.1) is 13.7 Å². The summed E-state index contributed by atoms with van der Waals surface area (Å²) in [6.45, 7) is 1.84. The molecule has 9 heteroatoms. The first-order chi connectivity index (χ1) is 11.3. The third-order valence-electron chi connectivity index (χ3n) is 3.11. The second-order valence-electron chi connectivity index (χ2n) is 4.91. The lowest BCUT2D eigenvalue weighted by Gasteiger charge is -2.10. The summed E-state index contributed by atoms with van der Waals surface area (Å²) in [6.07, 6.45) is 0. The first kappa shape index (κ1) is 18.9. The zero-order valence-electron chi connectivity index (χ0n) is 13.1. The molecule has 0 aliphatic heterocycles. The number of hydrogen-bond acceptors (Lipinski definition) is 5. The molecule has 0 atom stereocenters. The van der Waals surface area contributed by atoms with Crippen molar-refractivity contribution in [1.29, 1.82) is 0 Å². The van der Waals surface area contributed by atoms with Crippen LogP contribution in [0.3, 0.4) is 0 Å². The van der Waals surface area contributed by atoms with Gasteiger partial charge in [0, 0.05) is 28.4 Å². The van der Waals surface area contributed by atoms with E-state index in [9.17, 15) is 13.2 Å². The largest absolute Gasteiger partial charge is 0.496 e. The Labute approximate surface area is 153 Å². The number of methoxy groups -OCH3 is 1. The highest BCUT2D eigenvalue weighted by molar-refractivity contribution is 9.10. The fourth-order valence-corrected chi connectivity index (χ4v) is 4.69. The van der Waals surface area contributed by atoms with Crippen LogP contribution in [0.2, 0.25) is 0 Å². The molecule has 1 amide bonds. The lowest BCUT2D eigenvalue weighted by Crippen LogP contribution is -2.22. The molecule has 0 bridgehead atoms. The van der Waals surface area contributed by atoms with Crippen molar-refractivity contribution in [2.75, 3.05) is 7.11 Å². The summed E-state index contributed by atoms with van der Waals surface area (Å²) in [7, 11) is -2.09. The number of sulfonamides is 1. The van der Waals surface area contributed by atoms with Crippen molar-refractivity contribution in [2.24, 2.45) is 0 Å². The van der Waals surface area contributed by atoms with Gasteiger partial charge in [0.15, 0.2) is 0 Å². The van der Waals surface area contributed by atoms with E-state index in [2.05, 4.69) is 26.0 Å². The number of ether oxygens (including phenoxy) is 1. The zero-order chi connectivity index (χ0) is 17.7. The van der Waals surface area contributed by atoms with Gasteiger partial charge in [0.1, 0.15) is 9.96 Å². The third kappa shape index (κ3) is 5.04. The molecule has 2 aromatic rings. The van der Waals surface area contributed by atoms with Gasteiger partial charge in [-0.1, -0.05) is 15.9 Å². The lowest BCUT2D eigenvalue weighted by molar-refractivity contribution is -0.119. The number of hydrogen-bond donors (Lipinski definition) is 2. The molecule has 0 spiro atoms. The normalized spacial score (nSPS) is 11.3. The van der Waals surface area contributed by atoms with Gasteiger partial charge in [-0.15, -0.1) is 11.3 Å². The molecule has 1 aromatic carbocycles. The number of rotatable bonds is 7. The highest BCUT2D eigenvalue weighted by atomic mass is 79.9. The first-order valence-corrected chi connectivity index (χ1v) is 10.1. The number of amides is 1. The summed E-state index contributed by atoms with van der Waals surface area (Å²) in [6, 6.07) is 8.62. The zero-order valence-corrected chi connectivity index (χ0v) is 16.3. The number of carbonyl (C=O) groups is 1. The lowest BCUT2D eigenvalue weighted by atomic mass is 10.2. The molecule has 2 N–H and O–H groups in total. The Balaban J connectivity index is 2.09. The van der Waals surface area contributed by atoms with E-state index in [0.29, 0.717) is 12.3 Å². The number of nitrogens with one attached hydrogen (secondary N) is 2. The smallest absolute Gasteiger partial charge is 0.250 e. The second kappa shape index (κ2) is 8.11. The molecular formula is C15H17BrN2O4S2. The highest BCUT2D eigenvalue weighted by Crippen LogP contribution is 2.25. The average Bonchev–Trinajstić information content (AvgIpc) is 3.01. The maximum atomic E-state index is 12.4. The standard InChI is InChI=1S/C15H17BrN2O4S2/c1-10(19)17-9-13-4-6-15(23-13)24(20,21)18-8-11-7-12(16)3-5-14(11)22-2/h3-7,18H,8-9H2,1-2H3,(H,17,19). The topological polar surface area (TPSA) is 84.5 Å². The molecule has 0 aliphatic rings. The van der Waals surface area contributed by atoms with E-state index in [4.69, 9.17) is 4.74 Å². The van der Waals surface area contributed by atoms with E-state index in [-0.39, 0.29) is 16.7 Å². The maximum absolute atomic E-state index is 12.4. The van der Waals surface area contributed by atoms with Crippen LogP contribution in [0.1, 0.15) is 17.4 Å². The summed E-state index contributed by atoms with van der Waals surface area (Å²) in [4.78, 5) is 11.7. The maximum Gasteiger partial charge on any atom is 0.250 e. The van der Waals surface area contributed by atoms with Crippen LogP contribution in [0.25, 0.3) is 0 Å². The number of thiophene rings is 1. The molecule has 1 heterocycles.